The maximum atomic E-state index is 12.1. The van der Waals surface area contributed by atoms with E-state index in [1.165, 1.54) is 18.5 Å². The number of benzene rings is 1. The number of rotatable bonds is 3. The molecule has 0 spiro atoms. The van der Waals surface area contributed by atoms with Crippen LogP contribution in [0.15, 0.2) is 30.7 Å². The highest BCUT2D eigenvalue weighted by atomic mass is 19.4. The van der Waals surface area contributed by atoms with Crippen molar-refractivity contribution in [3.8, 4) is 5.75 Å². The Morgan fingerprint density at radius 2 is 2.11 bits per heavy atom. The third-order valence-electron chi connectivity index (χ3n) is 2.26. The minimum atomic E-state index is -4.68. The molecule has 0 saturated carbocycles. The van der Waals surface area contributed by atoms with Crippen LogP contribution in [0.25, 0.3) is 10.9 Å². The van der Waals surface area contributed by atoms with Gasteiger partial charge in [-0.05, 0) is 12.1 Å². The van der Waals surface area contributed by atoms with Crippen LogP contribution in [0.4, 0.5) is 13.2 Å². The topological polar surface area (TPSA) is 55.2 Å². The van der Waals surface area contributed by atoms with Crippen LogP contribution in [0.3, 0.4) is 0 Å². The average molecular weight is 258 g/mol. The molecule has 2 rings (SSSR count). The van der Waals surface area contributed by atoms with Gasteiger partial charge < -0.3 is 9.84 Å². The number of ether oxygens (including phenoxy) is 1. The van der Waals surface area contributed by atoms with Crippen LogP contribution < -0.4 is 4.74 Å². The lowest BCUT2D eigenvalue weighted by atomic mass is 10.2. The number of aliphatic hydroxyl groups is 1. The molecule has 0 aliphatic carbocycles. The Hall–Kier alpha value is -1.89. The fourth-order valence-corrected chi connectivity index (χ4v) is 1.31. The third-order valence-corrected chi connectivity index (χ3v) is 2.26. The van der Waals surface area contributed by atoms with E-state index in [4.69, 9.17) is 9.84 Å². The molecule has 1 atom stereocenters. The Bertz CT molecular complexity index is 545. The molecule has 7 heteroatoms. The lowest BCUT2D eigenvalue weighted by Gasteiger charge is -2.15. The van der Waals surface area contributed by atoms with Gasteiger partial charge in [0.2, 0.25) is 0 Å². The molecular formula is C11H9F3N2O2. The van der Waals surface area contributed by atoms with Crippen molar-refractivity contribution >= 4 is 10.9 Å². The Kier molecular flexibility index (Phi) is 3.33. The first-order valence-corrected chi connectivity index (χ1v) is 5.04. The van der Waals surface area contributed by atoms with Crippen molar-refractivity contribution in [3.05, 3.63) is 30.7 Å². The van der Waals surface area contributed by atoms with Crippen molar-refractivity contribution in [2.45, 2.75) is 12.3 Å². The highest BCUT2D eigenvalue weighted by Gasteiger charge is 2.38. The summed E-state index contributed by atoms with van der Waals surface area (Å²) in [4.78, 5) is 7.75. The van der Waals surface area contributed by atoms with Gasteiger partial charge in [-0.2, -0.15) is 13.2 Å². The minimum absolute atomic E-state index is 0.213. The van der Waals surface area contributed by atoms with Crippen molar-refractivity contribution in [1.82, 2.24) is 9.97 Å². The van der Waals surface area contributed by atoms with E-state index in [1.54, 1.807) is 12.3 Å². The van der Waals surface area contributed by atoms with Gasteiger partial charge in [-0.15, -0.1) is 0 Å². The summed E-state index contributed by atoms with van der Waals surface area (Å²) in [6, 6.07) is 4.61. The maximum Gasteiger partial charge on any atom is 0.417 e. The number of halogens is 3. The average Bonchev–Trinajstić information content (AvgIpc) is 2.34. The number of hydrogen-bond donors (Lipinski definition) is 1. The number of alkyl halides is 3. The summed E-state index contributed by atoms with van der Waals surface area (Å²) in [5.41, 5.74) is 0.559. The first kappa shape index (κ1) is 12.6. The van der Waals surface area contributed by atoms with Crippen molar-refractivity contribution in [2.24, 2.45) is 0 Å². The molecule has 0 radical (unpaired) electrons. The zero-order valence-corrected chi connectivity index (χ0v) is 9.05. The van der Waals surface area contributed by atoms with E-state index in [0.29, 0.717) is 5.52 Å². The summed E-state index contributed by atoms with van der Waals surface area (Å²) in [6.45, 7) is -0.847. The van der Waals surface area contributed by atoms with Crippen molar-refractivity contribution in [1.29, 1.82) is 0 Å². The van der Waals surface area contributed by atoms with E-state index in [2.05, 4.69) is 9.97 Å². The monoisotopic (exact) mass is 258 g/mol. The second kappa shape index (κ2) is 4.77. The number of hydrogen-bond acceptors (Lipinski definition) is 4. The van der Waals surface area contributed by atoms with Crippen LogP contribution in [-0.2, 0) is 0 Å². The van der Waals surface area contributed by atoms with E-state index >= 15 is 0 Å². The van der Waals surface area contributed by atoms with Gasteiger partial charge in [-0.3, -0.25) is 0 Å². The molecule has 0 aliphatic rings. The van der Waals surface area contributed by atoms with Gasteiger partial charge in [0.1, 0.15) is 18.7 Å². The lowest BCUT2D eigenvalue weighted by molar-refractivity contribution is -0.210. The van der Waals surface area contributed by atoms with Gasteiger partial charge in [0, 0.05) is 17.6 Å². The van der Waals surface area contributed by atoms with Gasteiger partial charge in [-0.1, -0.05) is 0 Å². The van der Waals surface area contributed by atoms with Gasteiger partial charge in [0.25, 0.3) is 0 Å². The second-order valence-corrected chi connectivity index (χ2v) is 3.61. The van der Waals surface area contributed by atoms with Crippen LogP contribution in [0.2, 0.25) is 0 Å². The molecule has 1 heterocycles. The molecule has 1 aromatic heterocycles. The summed E-state index contributed by atoms with van der Waals surface area (Å²) in [6.07, 6.45) is -4.27. The molecule has 0 saturated heterocycles. The molecule has 4 nitrogen and oxygen atoms in total. The van der Waals surface area contributed by atoms with E-state index < -0.39 is 18.9 Å². The zero-order valence-electron chi connectivity index (χ0n) is 9.05. The van der Waals surface area contributed by atoms with Crippen LogP contribution >= 0.6 is 0 Å². The molecule has 0 aliphatic heterocycles. The Balaban J connectivity index is 2.08. The molecule has 1 aromatic carbocycles. The fourth-order valence-electron chi connectivity index (χ4n) is 1.31. The Labute approximate surface area is 100 Å². The van der Waals surface area contributed by atoms with Crippen LogP contribution in [0, 0.1) is 0 Å². The summed E-state index contributed by atoms with van der Waals surface area (Å²) >= 11 is 0. The first-order valence-electron chi connectivity index (χ1n) is 5.04. The smallest absolute Gasteiger partial charge is 0.417 e. The predicted molar refractivity (Wildman–Crippen MR) is 57.1 cm³/mol. The number of aromatic nitrogens is 2. The molecule has 96 valence electrons. The van der Waals surface area contributed by atoms with E-state index in [-0.39, 0.29) is 5.75 Å². The number of aliphatic hydroxyl groups excluding tert-OH is 1. The number of fused-ring (bicyclic) bond motifs is 1. The van der Waals surface area contributed by atoms with E-state index in [9.17, 15) is 13.2 Å². The molecule has 1 N–H and O–H groups in total. The third kappa shape index (κ3) is 2.86. The highest BCUT2D eigenvalue weighted by molar-refractivity contribution is 5.78. The molecule has 2 aromatic rings. The zero-order chi connectivity index (χ0) is 13.2. The maximum absolute atomic E-state index is 12.1. The Morgan fingerprint density at radius 1 is 1.33 bits per heavy atom. The molecule has 0 amide bonds. The fraction of sp³-hybridized carbons (Fsp3) is 0.273. The quantitative estimate of drug-likeness (QED) is 0.914. The predicted octanol–water partition coefficient (Wildman–Crippen LogP) is 1.93. The second-order valence-electron chi connectivity index (χ2n) is 3.61. The van der Waals surface area contributed by atoms with E-state index in [0.717, 1.165) is 5.39 Å². The standard InChI is InChI=1S/C11H9F3N2O2/c12-11(13,14)10(17)5-18-8-2-1-7-4-15-6-16-9(7)3-8/h1-4,6,10,17H,5H2/t10-/m0/s1. The van der Waals surface area contributed by atoms with Crippen LogP contribution in [-0.4, -0.2) is 34.0 Å². The minimum Gasteiger partial charge on any atom is -0.490 e. The van der Waals surface area contributed by atoms with Crippen molar-refractivity contribution in [2.75, 3.05) is 6.61 Å². The largest absolute Gasteiger partial charge is 0.490 e. The van der Waals surface area contributed by atoms with Gasteiger partial charge in [0.05, 0.1) is 5.52 Å². The molecule has 0 fully saturated rings. The van der Waals surface area contributed by atoms with Crippen molar-refractivity contribution in [3.63, 3.8) is 0 Å². The summed E-state index contributed by atoms with van der Waals surface area (Å²) in [7, 11) is 0. The van der Waals surface area contributed by atoms with Gasteiger partial charge in [0.15, 0.2) is 6.10 Å². The molecule has 0 bridgehead atoms. The number of nitrogens with zero attached hydrogens (tertiary/aromatic N) is 2. The summed E-state index contributed by atoms with van der Waals surface area (Å²) < 4.78 is 41.0. The van der Waals surface area contributed by atoms with Crippen LogP contribution in [0.1, 0.15) is 0 Å². The molecule has 18 heavy (non-hydrogen) atoms. The normalized spacial score (nSPS) is 13.6. The first-order chi connectivity index (χ1) is 8.47. The lowest BCUT2D eigenvalue weighted by Crippen LogP contribution is -2.34. The van der Waals surface area contributed by atoms with Gasteiger partial charge >= 0.3 is 6.18 Å². The Morgan fingerprint density at radius 3 is 2.83 bits per heavy atom. The summed E-state index contributed by atoms with van der Waals surface area (Å²) in [5.74, 6) is 0.213. The summed E-state index contributed by atoms with van der Waals surface area (Å²) in [5, 5.41) is 9.54. The highest BCUT2D eigenvalue weighted by Crippen LogP contribution is 2.22. The SMILES string of the molecule is O[C@@H](COc1ccc2cncnc2c1)C(F)(F)F. The molecule has 0 unspecified atom stereocenters. The van der Waals surface area contributed by atoms with Gasteiger partial charge in [-0.25, -0.2) is 9.97 Å². The van der Waals surface area contributed by atoms with E-state index in [1.807, 2.05) is 0 Å². The van der Waals surface area contributed by atoms with Crippen LogP contribution in [0.5, 0.6) is 5.75 Å². The van der Waals surface area contributed by atoms with Crippen molar-refractivity contribution < 1.29 is 23.0 Å². The molecular weight excluding hydrogens is 249 g/mol.